The van der Waals surface area contributed by atoms with Crippen molar-refractivity contribution in [3.05, 3.63) is 60.7 Å². The Morgan fingerprint density at radius 1 is 0.455 bits per heavy atom. The highest BCUT2D eigenvalue weighted by Gasteiger charge is 2.20. The van der Waals surface area contributed by atoms with E-state index >= 15 is 0 Å². The van der Waals surface area contributed by atoms with Gasteiger partial charge in [0, 0.05) is 11.1 Å². The van der Waals surface area contributed by atoms with Crippen molar-refractivity contribution in [1.82, 2.24) is 17.5 Å². The average molecular weight is 322 g/mol. The molecule has 0 unspecified atom stereocenters. The van der Waals surface area contributed by atoms with Crippen LogP contribution >= 0.6 is 23.5 Å². The molecule has 2 aromatic carbocycles. The Bertz CT molecular complexity index is 809. The monoisotopic (exact) mass is 322 g/mol. The van der Waals surface area contributed by atoms with Gasteiger partial charge < -0.3 is 0 Å². The van der Waals surface area contributed by atoms with Crippen molar-refractivity contribution in [2.24, 2.45) is 0 Å². The molecule has 0 spiro atoms. The first-order chi connectivity index (χ1) is 10.9. The third-order valence-electron chi connectivity index (χ3n) is 3.30. The molecule has 0 bridgehead atoms. The molecule has 4 aromatic rings. The standard InChI is InChI=1S/C16H10N4S2/c1-3-7-11(8-4-1)13-15(19-21-17-13)16-14(18-22-20-16)12-9-5-2-6-10-12/h1-10H. The normalized spacial score (nSPS) is 10.7. The van der Waals surface area contributed by atoms with E-state index in [1.54, 1.807) is 0 Å². The molecule has 2 aromatic heterocycles. The molecule has 0 saturated heterocycles. The fourth-order valence-electron chi connectivity index (χ4n) is 2.26. The first-order valence-corrected chi connectivity index (χ1v) is 8.16. The van der Waals surface area contributed by atoms with Gasteiger partial charge in [-0.05, 0) is 0 Å². The van der Waals surface area contributed by atoms with Crippen molar-refractivity contribution >= 4 is 23.5 Å². The summed E-state index contributed by atoms with van der Waals surface area (Å²) in [6.07, 6.45) is 0. The second kappa shape index (κ2) is 5.75. The number of nitrogens with zero attached hydrogens (tertiary/aromatic N) is 4. The maximum Gasteiger partial charge on any atom is 0.134 e. The molecular formula is C16H10N4S2. The topological polar surface area (TPSA) is 51.6 Å². The molecule has 0 aliphatic rings. The third kappa shape index (κ3) is 2.32. The summed E-state index contributed by atoms with van der Waals surface area (Å²) in [4.78, 5) is 0. The number of benzene rings is 2. The van der Waals surface area contributed by atoms with E-state index in [4.69, 9.17) is 0 Å². The molecule has 0 radical (unpaired) electrons. The Kier molecular flexibility index (Phi) is 3.46. The lowest BCUT2D eigenvalue weighted by molar-refractivity contribution is 1.41. The van der Waals surface area contributed by atoms with Crippen molar-refractivity contribution in [2.75, 3.05) is 0 Å². The van der Waals surface area contributed by atoms with Gasteiger partial charge in [0.15, 0.2) is 0 Å². The van der Waals surface area contributed by atoms with Crippen molar-refractivity contribution in [2.45, 2.75) is 0 Å². The molecule has 0 atom stereocenters. The van der Waals surface area contributed by atoms with Gasteiger partial charge in [-0.2, -0.15) is 17.5 Å². The van der Waals surface area contributed by atoms with Crippen LogP contribution in [0.25, 0.3) is 33.9 Å². The highest BCUT2D eigenvalue weighted by atomic mass is 32.1. The first-order valence-electron chi connectivity index (χ1n) is 6.70. The van der Waals surface area contributed by atoms with Crippen LogP contribution in [0.2, 0.25) is 0 Å². The Morgan fingerprint density at radius 3 is 1.23 bits per heavy atom. The second-order valence-electron chi connectivity index (χ2n) is 4.65. The van der Waals surface area contributed by atoms with Crippen LogP contribution in [0.3, 0.4) is 0 Å². The minimum Gasteiger partial charge on any atom is -0.172 e. The van der Waals surface area contributed by atoms with Crippen LogP contribution in [0, 0.1) is 0 Å². The van der Waals surface area contributed by atoms with Crippen molar-refractivity contribution in [1.29, 1.82) is 0 Å². The lowest BCUT2D eigenvalue weighted by atomic mass is 10.0. The Labute approximate surface area is 135 Å². The van der Waals surface area contributed by atoms with Crippen LogP contribution in [0.1, 0.15) is 0 Å². The van der Waals surface area contributed by atoms with Crippen LogP contribution in [-0.2, 0) is 0 Å². The van der Waals surface area contributed by atoms with Gasteiger partial charge in [-0.1, -0.05) is 60.7 Å². The van der Waals surface area contributed by atoms with Crippen LogP contribution < -0.4 is 0 Å². The highest BCUT2D eigenvalue weighted by Crippen LogP contribution is 2.35. The van der Waals surface area contributed by atoms with E-state index in [1.165, 1.54) is 23.5 Å². The van der Waals surface area contributed by atoms with Crippen molar-refractivity contribution in [3.8, 4) is 33.9 Å². The summed E-state index contributed by atoms with van der Waals surface area (Å²) < 4.78 is 17.8. The smallest absolute Gasteiger partial charge is 0.134 e. The van der Waals surface area contributed by atoms with Gasteiger partial charge in [-0.25, -0.2) is 0 Å². The predicted octanol–water partition coefficient (Wildman–Crippen LogP) is 4.39. The summed E-state index contributed by atoms with van der Waals surface area (Å²) in [6.45, 7) is 0. The highest BCUT2D eigenvalue weighted by molar-refractivity contribution is 7.00. The zero-order valence-corrected chi connectivity index (χ0v) is 13.0. The molecule has 0 N–H and O–H groups in total. The van der Waals surface area contributed by atoms with Gasteiger partial charge in [-0.3, -0.25) is 0 Å². The molecule has 0 amide bonds. The molecule has 6 heteroatoms. The Hall–Kier alpha value is -2.44. The minimum atomic E-state index is 0.795. The zero-order chi connectivity index (χ0) is 14.8. The SMILES string of the molecule is c1ccc(-c2nsnc2-c2nsnc2-c2ccccc2)cc1. The van der Waals surface area contributed by atoms with Gasteiger partial charge in [0.2, 0.25) is 0 Å². The molecule has 4 nitrogen and oxygen atoms in total. The van der Waals surface area contributed by atoms with E-state index in [0.717, 1.165) is 33.9 Å². The van der Waals surface area contributed by atoms with Gasteiger partial charge in [0.05, 0.1) is 23.5 Å². The molecule has 0 fully saturated rings. The van der Waals surface area contributed by atoms with E-state index < -0.39 is 0 Å². The second-order valence-corrected chi connectivity index (χ2v) is 5.71. The van der Waals surface area contributed by atoms with Crippen molar-refractivity contribution < 1.29 is 0 Å². The van der Waals surface area contributed by atoms with E-state index in [2.05, 4.69) is 17.5 Å². The predicted molar refractivity (Wildman–Crippen MR) is 89.7 cm³/mol. The largest absolute Gasteiger partial charge is 0.172 e. The zero-order valence-electron chi connectivity index (χ0n) is 11.4. The molecule has 0 aliphatic carbocycles. The van der Waals surface area contributed by atoms with Crippen LogP contribution in [0.5, 0.6) is 0 Å². The fraction of sp³-hybridized carbons (Fsp3) is 0. The fourth-order valence-corrected chi connectivity index (χ4v) is 3.40. The van der Waals surface area contributed by atoms with E-state index in [0.29, 0.717) is 0 Å². The van der Waals surface area contributed by atoms with Crippen LogP contribution in [0.4, 0.5) is 0 Å². The van der Waals surface area contributed by atoms with Crippen LogP contribution in [0.15, 0.2) is 60.7 Å². The molecule has 0 aliphatic heterocycles. The van der Waals surface area contributed by atoms with Gasteiger partial charge in [0.1, 0.15) is 22.8 Å². The van der Waals surface area contributed by atoms with E-state index in [1.807, 2.05) is 60.7 Å². The van der Waals surface area contributed by atoms with Gasteiger partial charge in [0.25, 0.3) is 0 Å². The molecular weight excluding hydrogens is 312 g/mol. The number of rotatable bonds is 3. The summed E-state index contributed by atoms with van der Waals surface area (Å²) in [7, 11) is 0. The summed E-state index contributed by atoms with van der Waals surface area (Å²) in [6, 6.07) is 20.1. The third-order valence-corrected chi connectivity index (χ3v) is 4.35. The first kappa shape index (κ1) is 13.2. The maximum atomic E-state index is 4.46. The number of hydrogen-bond acceptors (Lipinski definition) is 6. The summed E-state index contributed by atoms with van der Waals surface area (Å²) in [5.41, 5.74) is 5.38. The maximum absolute atomic E-state index is 4.46. The van der Waals surface area contributed by atoms with Gasteiger partial charge in [-0.15, -0.1) is 0 Å². The van der Waals surface area contributed by atoms with Gasteiger partial charge >= 0.3 is 0 Å². The molecule has 0 saturated carbocycles. The lowest BCUT2D eigenvalue weighted by Crippen LogP contribution is -1.87. The molecule has 106 valence electrons. The Balaban J connectivity index is 1.86. The minimum absolute atomic E-state index is 0.795. The van der Waals surface area contributed by atoms with E-state index in [9.17, 15) is 0 Å². The number of hydrogen-bond donors (Lipinski definition) is 0. The molecule has 22 heavy (non-hydrogen) atoms. The van der Waals surface area contributed by atoms with Crippen LogP contribution in [-0.4, -0.2) is 17.5 Å². The summed E-state index contributed by atoms with van der Waals surface area (Å²) >= 11 is 2.40. The number of aromatic nitrogens is 4. The van der Waals surface area contributed by atoms with Crippen molar-refractivity contribution in [3.63, 3.8) is 0 Å². The van der Waals surface area contributed by atoms with E-state index in [-0.39, 0.29) is 0 Å². The lowest BCUT2D eigenvalue weighted by Gasteiger charge is -2.01. The Morgan fingerprint density at radius 2 is 0.818 bits per heavy atom. The average Bonchev–Trinajstić information content (AvgIpc) is 3.25. The quantitative estimate of drug-likeness (QED) is 0.561. The molecule has 2 heterocycles. The molecule has 4 rings (SSSR count). The summed E-state index contributed by atoms with van der Waals surface area (Å²) in [5, 5.41) is 0. The summed E-state index contributed by atoms with van der Waals surface area (Å²) in [5.74, 6) is 0.